The fourth-order valence-corrected chi connectivity index (χ4v) is 9.48. The number of anilines is 3. The third kappa shape index (κ3) is 5.71. The van der Waals surface area contributed by atoms with Gasteiger partial charge in [0.15, 0.2) is 5.75 Å². The van der Waals surface area contributed by atoms with Gasteiger partial charge in [0.1, 0.15) is 28.5 Å². The molecule has 0 saturated carbocycles. The topological polar surface area (TPSA) is 34.8 Å². The second kappa shape index (κ2) is 12.1. The summed E-state index contributed by atoms with van der Waals surface area (Å²) in [6.45, 7) is 22.9. The highest BCUT2D eigenvalue weighted by Gasteiger charge is 2.47. The molecule has 0 saturated heterocycles. The number of rotatable bonds is 3. The molecule has 1 aromatic heterocycles. The lowest BCUT2D eigenvalue weighted by Gasteiger charge is -2.43. The highest BCUT2D eigenvalue weighted by molar-refractivity contribution is 6.97. The van der Waals surface area contributed by atoms with Gasteiger partial charge in [-0.1, -0.05) is 124 Å². The van der Waals surface area contributed by atoms with Crippen molar-refractivity contribution in [3.05, 3.63) is 131 Å². The summed E-state index contributed by atoms with van der Waals surface area (Å²) in [4.78, 5) is 2.34. The number of hydrogen-bond donors (Lipinski definition) is 0. The highest BCUT2D eigenvalue weighted by Crippen LogP contribution is 2.50. The van der Waals surface area contributed by atoms with Crippen LogP contribution in [0.4, 0.5) is 17.1 Å². The van der Waals surface area contributed by atoms with E-state index in [1.54, 1.807) is 0 Å². The van der Waals surface area contributed by atoms with Crippen LogP contribution in [0.15, 0.2) is 114 Å². The van der Waals surface area contributed by atoms with E-state index in [2.05, 4.69) is 183 Å². The summed E-state index contributed by atoms with van der Waals surface area (Å²) in [5.41, 5.74) is 12.3. The van der Waals surface area contributed by atoms with Gasteiger partial charge in [-0.25, -0.2) is 0 Å². The van der Waals surface area contributed by atoms with E-state index < -0.39 is 0 Å². The molecular formula is C52H52BNO3. The summed E-state index contributed by atoms with van der Waals surface area (Å²) >= 11 is 0. The van der Waals surface area contributed by atoms with E-state index in [4.69, 9.17) is 13.9 Å². The third-order valence-corrected chi connectivity index (χ3v) is 13.1. The van der Waals surface area contributed by atoms with Gasteiger partial charge in [0.25, 0.3) is 0 Å². The zero-order valence-electron chi connectivity index (χ0n) is 35.1. The van der Waals surface area contributed by atoms with Crippen molar-refractivity contribution in [1.82, 2.24) is 0 Å². The molecule has 0 fully saturated rings. The van der Waals surface area contributed by atoms with Crippen LogP contribution >= 0.6 is 0 Å². The van der Waals surface area contributed by atoms with Crippen molar-refractivity contribution < 1.29 is 13.9 Å². The molecule has 57 heavy (non-hydrogen) atoms. The molecule has 6 aromatic carbocycles. The maximum Gasteiger partial charge on any atom is 0.305 e. The molecule has 10 rings (SSSR count). The van der Waals surface area contributed by atoms with Crippen molar-refractivity contribution in [1.29, 1.82) is 0 Å². The van der Waals surface area contributed by atoms with Gasteiger partial charge >= 0.3 is 6.71 Å². The zero-order chi connectivity index (χ0) is 39.8. The first-order chi connectivity index (χ1) is 27.0. The molecule has 3 heterocycles. The van der Waals surface area contributed by atoms with Crippen LogP contribution in [0.1, 0.15) is 104 Å². The maximum absolute atomic E-state index is 7.15. The van der Waals surface area contributed by atoms with Crippen LogP contribution in [-0.4, -0.2) is 6.71 Å². The predicted octanol–water partition coefficient (Wildman–Crippen LogP) is 12.7. The summed E-state index contributed by atoms with van der Waals surface area (Å²) in [5.74, 6) is 3.29. The Balaban J connectivity index is 1.23. The van der Waals surface area contributed by atoms with Crippen LogP contribution in [0.3, 0.4) is 0 Å². The molecule has 0 radical (unpaired) electrons. The zero-order valence-corrected chi connectivity index (χ0v) is 35.1. The SMILES string of the molecule is CC(C)(C)c1ccc(N(c2cc3c4c(c2)Oc2c(oc5ccc(C(C)(C)C)cc25)B4c2cc4c(cc2O3)C(C)(C)CCC4(C)C)c2ccc3ccccc3c2)cc1. The van der Waals surface area contributed by atoms with E-state index >= 15 is 0 Å². The molecule has 0 unspecified atom stereocenters. The first kappa shape index (κ1) is 36.0. The second-order valence-corrected chi connectivity index (χ2v) is 20.1. The van der Waals surface area contributed by atoms with E-state index in [1.807, 2.05) is 0 Å². The minimum absolute atomic E-state index is 0.0309. The smallest absolute Gasteiger partial charge is 0.305 e. The largest absolute Gasteiger partial charge is 0.466 e. The Morgan fingerprint density at radius 3 is 1.86 bits per heavy atom. The van der Waals surface area contributed by atoms with Gasteiger partial charge in [0, 0.05) is 29.0 Å². The Bertz CT molecular complexity index is 2780. The minimum Gasteiger partial charge on any atom is -0.466 e. The quantitative estimate of drug-likeness (QED) is 0.169. The molecule has 4 nitrogen and oxygen atoms in total. The summed E-state index contributed by atoms with van der Waals surface area (Å²) in [7, 11) is 0. The van der Waals surface area contributed by atoms with Gasteiger partial charge in [-0.15, -0.1) is 0 Å². The molecule has 3 aliphatic rings. The number of furan rings is 1. The molecule has 0 N–H and O–H groups in total. The molecule has 0 bridgehead atoms. The normalized spacial score (nSPS) is 16.3. The fraction of sp³-hybridized carbons (Fsp3) is 0.308. The minimum atomic E-state index is -0.187. The van der Waals surface area contributed by atoms with Crippen LogP contribution in [0.25, 0.3) is 21.7 Å². The van der Waals surface area contributed by atoms with Crippen molar-refractivity contribution in [2.24, 2.45) is 0 Å². The Hall–Kier alpha value is -5.42. The second-order valence-electron chi connectivity index (χ2n) is 20.1. The highest BCUT2D eigenvalue weighted by atomic mass is 16.5. The van der Waals surface area contributed by atoms with E-state index in [0.29, 0.717) is 0 Å². The maximum atomic E-state index is 7.15. The number of ether oxygens (including phenoxy) is 2. The van der Waals surface area contributed by atoms with Crippen LogP contribution in [0, 0.1) is 0 Å². The average molecular weight is 750 g/mol. The molecule has 0 atom stereocenters. The van der Waals surface area contributed by atoms with Crippen molar-refractivity contribution in [2.45, 2.75) is 104 Å². The molecule has 0 amide bonds. The fourth-order valence-electron chi connectivity index (χ4n) is 9.48. The van der Waals surface area contributed by atoms with Crippen LogP contribution in [0.2, 0.25) is 0 Å². The van der Waals surface area contributed by atoms with Crippen molar-refractivity contribution >= 4 is 62.1 Å². The summed E-state index contributed by atoms with van der Waals surface area (Å²) in [5, 5.41) is 3.40. The molecule has 5 heteroatoms. The molecular weight excluding hydrogens is 697 g/mol. The molecule has 286 valence electrons. The third-order valence-electron chi connectivity index (χ3n) is 13.1. The lowest BCUT2D eigenvalue weighted by Crippen LogP contribution is -2.57. The molecule has 7 aromatic rings. The Morgan fingerprint density at radius 2 is 1.18 bits per heavy atom. The van der Waals surface area contributed by atoms with Crippen LogP contribution < -0.4 is 31.0 Å². The molecule has 0 spiro atoms. The van der Waals surface area contributed by atoms with Gasteiger partial charge in [-0.2, -0.15) is 0 Å². The number of nitrogens with zero attached hydrogens (tertiary/aromatic N) is 1. The summed E-state index contributed by atoms with van der Waals surface area (Å²) < 4.78 is 21.2. The first-order valence-electron chi connectivity index (χ1n) is 20.7. The van der Waals surface area contributed by atoms with E-state index in [9.17, 15) is 0 Å². The van der Waals surface area contributed by atoms with Crippen molar-refractivity contribution in [3.8, 4) is 23.0 Å². The Kier molecular flexibility index (Phi) is 7.60. The van der Waals surface area contributed by atoms with Crippen molar-refractivity contribution in [2.75, 3.05) is 4.90 Å². The molecule has 1 aliphatic carbocycles. The average Bonchev–Trinajstić information content (AvgIpc) is 3.53. The van der Waals surface area contributed by atoms with Gasteiger partial charge < -0.3 is 18.8 Å². The van der Waals surface area contributed by atoms with Crippen LogP contribution in [-0.2, 0) is 21.7 Å². The number of benzene rings is 6. The molecule has 2 aliphatic heterocycles. The standard InChI is InChI=1S/C52H52BNO3/c1-49(2,3)33-16-20-35(21-17-33)54(36-19-15-31-13-11-12-14-32(31)25-36)37-27-44-46-45(28-37)56-47-38-26-34(50(4,5)6)18-22-42(38)57-48(47)53(46)41-29-39-40(30-43(41)55-44)52(9,10)24-23-51(39,7)8/h11-22,25-30H,23-24H2,1-10H3. The van der Waals surface area contributed by atoms with Gasteiger partial charge in [0.2, 0.25) is 0 Å². The van der Waals surface area contributed by atoms with Gasteiger partial charge in [0.05, 0.1) is 11.1 Å². The van der Waals surface area contributed by atoms with E-state index in [1.165, 1.54) is 33.0 Å². The Morgan fingerprint density at radius 1 is 0.561 bits per heavy atom. The first-order valence-corrected chi connectivity index (χ1v) is 20.7. The van der Waals surface area contributed by atoms with E-state index in [0.717, 1.165) is 80.5 Å². The Labute approximate surface area is 337 Å². The lowest BCUT2D eigenvalue weighted by molar-refractivity contribution is 0.330. The summed E-state index contributed by atoms with van der Waals surface area (Å²) in [6, 6.07) is 40.1. The predicted molar refractivity (Wildman–Crippen MR) is 239 cm³/mol. The van der Waals surface area contributed by atoms with E-state index in [-0.39, 0.29) is 28.4 Å². The van der Waals surface area contributed by atoms with Gasteiger partial charge in [-0.3, -0.25) is 0 Å². The lowest BCUT2D eigenvalue weighted by atomic mass is 9.36. The van der Waals surface area contributed by atoms with Crippen molar-refractivity contribution in [3.63, 3.8) is 0 Å². The van der Waals surface area contributed by atoms with Gasteiger partial charge in [-0.05, 0) is 115 Å². The summed E-state index contributed by atoms with van der Waals surface area (Å²) in [6.07, 6.45) is 2.27. The monoisotopic (exact) mass is 749 g/mol. The van der Waals surface area contributed by atoms with Crippen LogP contribution in [0.5, 0.6) is 23.0 Å². The number of hydrogen-bond acceptors (Lipinski definition) is 4. The number of fused-ring (bicyclic) bond motifs is 8.